The van der Waals surface area contributed by atoms with Gasteiger partial charge in [-0.3, -0.25) is 9.59 Å². The van der Waals surface area contributed by atoms with Crippen molar-refractivity contribution >= 4 is 11.9 Å². The molecule has 0 saturated carbocycles. The first-order valence-corrected chi connectivity index (χ1v) is 22.0. The number of esters is 2. The van der Waals surface area contributed by atoms with Gasteiger partial charge in [0.05, 0.1) is 6.61 Å². The van der Waals surface area contributed by atoms with Crippen LogP contribution < -0.4 is 0 Å². The van der Waals surface area contributed by atoms with E-state index in [9.17, 15) is 14.7 Å². The Morgan fingerprint density at radius 3 is 1.08 bits per heavy atom. The summed E-state index contributed by atoms with van der Waals surface area (Å²) < 4.78 is 10.6. The Labute approximate surface area is 306 Å². The summed E-state index contributed by atoms with van der Waals surface area (Å²) in [7, 11) is 0. The van der Waals surface area contributed by atoms with Crippen molar-refractivity contribution in [2.45, 2.75) is 252 Å². The van der Waals surface area contributed by atoms with E-state index < -0.39 is 6.10 Å². The molecule has 0 radical (unpaired) electrons. The Hall–Kier alpha value is -1.10. The van der Waals surface area contributed by atoms with Crippen LogP contribution in [0.25, 0.3) is 0 Å². The lowest BCUT2D eigenvalue weighted by molar-refractivity contribution is -0.161. The van der Waals surface area contributed by atoms with E-state index in [4.69, 9.17) is 9.47 Å². The van der Waals surface area contributed by atoms with Gasteiger partial charge in [0.15, 0.2) is 6.10 Å². The highest BCUT2D eigenvalue weighted by molar-refractivity contribution is 5.70. The van der Waals surface area contributed by atoms with E-state index in [1.165, 1.54) is 180 Å². The maximum absolute atomic E-state index is 12.2. The van der Waals surface area contributed by atoms with Crippen molar-refractivity contribution in [2.75, 3.05) is 13.2 Å². The van der Waals surface area contributed by atoms with E-state index in [0.717, 1.165) is 38.0 Å². The number of aliphatic hydroxyl groups excluding tert-OH is 1. The van der Waals surface area contributed by atoms with Crippen LogP contribution in [0.2, 0.25) is 0 Å². The van der Waals surface area contributed by atoms with Gasteiger partial charge in [-0.1, -0.05) is 220 Å². The highest BCUT2D eigenvalue weighted by Gasteiger charge is 2.16. The molecule has 0 rings (SSSR count). The molecule has 0 bridgehead atoms. The third-order valence-corrected chi connectivity index (χ3v) is 10.1. The Bertz CT molecular complexity index is 678. The molecule has 0 amide bonds. The van der Waals surface area contributed by atoms with Gasteiger partial charge in [0.1, 0.15) is 6.61 Å². The second kappa shape index (κ2) is 39.7. The molecule has 292 valence electrons. The van der Waals surface area contributed by atoms with E-state index in [0.29, 0.717) is 12.8 Å². The van der Waals surface area contributed by atoms with Crippen molar-refractivity contribution in [3.8, 4) is 0 Å². The Morgan fingerprint density at radius 1 is 0.449 bits per heavy atom. The Kier molecular flexibility index (Phi) is 38.8. The molecule has 0 spiro atoms. The third kappa shape index (κ3) is 39.5. The number of unbranched alkanes of at least 4 members (excludes halogenated alkanes) is 30. The van der Waals surface area contributed by atoms with Crippen LogP contribution in [-0.4, -0.2) is 36.4 Å². The zero-order chi connectivity index (χ0) is 35.9. The van der Waals surface area contributed by atoms with Gasteiger partial charge < -0.3 is 14.6 Å². The lowest BCUT2D eigenvalue weighted by atomic mass is 10.0. The molecular formula is C44H86O5. The zero-order valence-electron chi connectivity index (χ0n) is 33.4. The van der Waals surface area contributed by atoms with Crippen molar-refractivity contribution in [2.24, 2.45) is 5.92 Å². The van der Waals surface area contributed by atoms with Crippen molar-refractivity contribution in [1.29, 1.82) is 0 Å². The van der Waals surface area contributed by atoms with Crippen molar-refractivity contribution in [3.05, 3.63) is 0 Å². The number of carbonyl (C=O) groups is 2. The summed E-state index contributed by atoms with van der Waals surface area (Å²) in [5.41, 5.74) is 0. The summed E-state index contributed by atoms with van der Waals surface area (Å²) in [6.45, 7) is 6.54. The number of hydrogen-bond acceptors (Lipinski definition) is 5. The quantitative estimate of drug-likeness (QED) is 0.0510. The second-order valence-corrected chi connectivity index (χ2v) is 15.6. The summed E-state index contributed by atoms with van der Waals surface area (Å²) in [6, 6.07) is 0. The number of ether oxygens (including phenoxy) is 2. The lowest BCUT2D eigenvalue weighted by Gasteiger charge is -2.15. The molecule has 0 aromatic heterocycles. The monoisotopic (exact) mass is 695 g/mol. The van der Waals surface area contributed by atoms with Crippen molar-refractivity contribution in [3.63, 3.8) is 0 Å². The molecule has 5 heteroatoms. The minimum atomic E-state index is -0.762. The largest absolute Gasteiger partial charge is 0.462 e. The van der Waals surface area contributed by atoms with Gasteiger partial charge in [-0.25, -0.2) is 0 Å². The average molecular weight is 695 g/mol. The molecule has 1 N–H and O–H groups in total. The summed E-state index contributed by atoms with van der Waals surface area (Å²) in [4.78, 5) is 24.3. The Morgan fingerprint density at radius 2 is 0.755 bits per heavy atom. The first-order valence-electron chi connectivity index (χ1n) is 22.0. The highest BCUT2D eigenvalue weighted by Crippen LogP contribution is 2.17. The first kappa shape index (κ1) is 47.9. The second-order valence-electron chi connectivity index (χ2n) is 15.6. The van der Waals surface area contributed by atoms with Crippen LogP contribution in [0.15, 0.2) is 0 Å². The molecule has 0 heterocycles. The summed E-state index contributed by atoms with van der Waals surface area (Å²) in [6.07, 6.45) is 43.1. The van der Waals surface area contributed by atoms with Crippen molar-refractivity contribution in [1.82, 2.24) is 0 Å². The maximum Gasteiger partial charge on any atom is 0.306 e. The van der Waals surface area contributed by atoms with E-state index >= 15 is 0 Å². The summed E-state index contributed by atoms with van der Waals surface area (Å²) in [5, 5.41) is 9.58. The minimum Gasteiger partial charge on any atom is -0.462 e. The molecule has 0 aliphatic rings. The predicted octanol–water partition coefficient (Wildman–Crippen LogP) is 13.8. The van der Waals surface area contributed by atoms with Crippen LogP contribution in [0.1, 0.15) is 245 Å². The van der Waals surface area contributed by atoms with Gasteiger partial charge in [-0.15, -0.1) is 0 Å². The van der Waals surface area contributed by atoms with E-state index in [1.807, 2.05) is 0 Å². The molecular weight excluding hydrogens is 608 g/mol. The number of carbonyl (C=O) groups excluding carboxylic acids is 2. The van der Waals surface area contributed by atoms with E-state index in [2.05, 4.69) is 20.8 Å². The Balaban J connectivity index is 3.46. The van der Waals surface area contributed by atoms with Gasteiger partial charge in [-0.2, -0.15) is 0 Å². The fourth-order valence-electron chi connectivity index (χ4n) is 6.74. The maximum atomic E-state index is 12.2. The van der Waals surface area contributed by atoms with Crippen LogP contribution in [-0.2, 0) is 19.1 Å². The fraction of sp³-hybridized carbons (Fsp3) is 0.955. The summed E-state index contributed by atoms with van der Waals surface area (Å²) >= 11 is 0. The van der Waals surface area contributed by atoms with Crippen LogP contribution in [0.4, 0.5) is 0 Å². The van der Waals surface area contributed by atoms with Gasteiger partial charge in [0.2, 0.25) is 0 Å². The molecule has 0 aromatic carbocycles. The first-order chi connectivity index (χ1) is 24.0. The highest BCUT2D eigenvalue weighted by atomic mass is 16.6. The molecule has 0 saturated heterocycles. The van der Waals surface area contributed by atoms with Crippen LogP contribution in [0, 0.1) is 5.92 Å². The normalized spacial score (nSPS) is 12.1. The SMILES string of the molecule is CCCCCCCCCCCCCCCCCCC(=O)OC[C@H](CO)OC(=O)CCCCCCCCCCCCCCCCCCC(C)C. The van der Waals surface area contributed by atoms with Crippen LogP contribution >= 0.6 is 0 Å². The fourth-order valence-corrected chi connectivity index (χ4v) is 6.74. The topological polar surface area (TPSA) is 72.8 Å². The molecule has 1 atom stereocenters. The number of rotatable bonds is 40. The molecule has 0 aliphatic carbocycles. The average Bonchev–Trinajstić information content (AvgIpc) is 3.09. The zero-order valence-corrected chi connectivity index (χ0v) is 33.4. The van der Waals surface area contributed by atoms with E-state index in [-0.39, 0.29) is 25.2 Å². The van der Waals surface area contributed by atoms with Gasteiger partial charge in [0, 0.05) is 12.8 Å². The van der Waals surface area contributed by atoms with Crippen LogP contribution in [0.5, 0.6) is 0 Å². The molecule has 0 fully saturated rings. The van der Waals surface area contributed by atoms with Gasteiger partial charge >= 0.3 is 11.9 Å². The molecule has 5 nitrogen and oxygen atoms in total. The van der Waals surface area contributed by atoms with Crippen molar-refractivity contribution < 1.29 is 24.2 Å². The smallest absolute Gasteiger partial charge is 0.306 e. The molecule has 0 aromatic rings. The standard InChI is InChI=1S/C44H86O5/c1-4-5-6-7-8-9-10-11-12-16-19-22-25-28-31-34-37-43(46)48-40-42(39-45)49-44(47)38-35-32-29-26-23-20-17-14-13-15-18-21-24-27-30-33-36-41(2)3/h41-42,45H,4-40H2,1-3H3/t42-/m0/s1. The molecule has 0 unspecified atom stereocenters. The third-order valence-electron chi connectivity index (χ3n) is 10.1. The molecule has 49 heavy (non-hydrogen) atoms. The predicted molar refractivity (Wildman–Crippen MR) is 210 cm³/mol. The van der Waals surface area contributed by atoms with E-state index in [1.54, 1.807) is 0 Å². The van der Waals surface area contributed by atoms with Crippen LogP contribution in [0.3, 0.4) is 0 Å². The lowest BCUT2D eigenvalue weighted by Crippen LogP contribution is -2.28. The number of aliphatic hydroxyl groups is 1. The minimum absolute atomic E-state index is 0.0570. The van der Waals surface area contributed by atoms with Gasteiger partial charge in [0.25, 0.3) is 0 Å². The molecule has 0 aliphatic heterocycles. The van der Waals surface area contributed by atoms with Gasteiger partial charge in [-0.05, 0) is 18.8 Å². The number of hydrogen-bond donors (Lipinski definition) is 1. The summed E-state index contributed by atoms with van der Waals surface area (Å²) in [5.74, 6) is 0.286.